The molecule has 0 spiro atoms. The van der Waals surface area contributed by atoms with Crippen molar-refractivity contribution in [1.82, 2.24) is 5.32 Å². The third kappa shape index (κ3) is 6.91. The van der Waals surface area contributed by atoms with E-state index in [2.05, 4.69) is 10.6 Å². The van der Waals surface area contributed by atoms with Gasteiger partial charge in [-0.1, -0.05) is 24.3 Å². The number of amides is 2. The topological polar surface area (TPSA) is 67.4 Å². The number of anilines is 1. The molecule has 5 nitrogen and oxygen atoms in total. The highest BCUT2D eigenvalue weighted by Crippen LogP contribution is 2.12. The zero-order valence-electron chi connectivity index (χ0n) is 14.4. The van der Waals surface area contributed by atoms with Gasteiger partial charge < -0.3 is 15.4 Å². The molecule has 5 heteroatoms. The zero-order valence-corrected chi connectivity index (χ0v) is 14.4. The molecule has 2 aromatic carbocycles. The molecule has 0 aliphatic carbocycles. The van der Waals surface area contributed by atoms with Crippen LogP contribution in [0.3, 0.4) is 0 Å². The van der Waals surface area contributed by atoms with Gasteiger partial charge in [-0.2, -0.15) is 0 Å². The van der Waals surface area contributed by atoms with Crippen LogP contribution in [0.2, 0.25) is 0 Å². The summed E-state index contributed by atoms with van der Waals surface area (Å²) in [5, 5.41) is 5.46. The molecule has 0 saturated heterocycles. The van der Waals surface area contributed by atoms with Crippen LogP contribution >= 0.6 is 0 Å². The van der Waals surface area contributed by atoms with Crippen molar-refractivity contribution < 1.29 is 14.3 Å². The Morgan fingerprint density at radius 2 is 1.88 bits per heavy atom. The molecule has 0 atom stereocenters. The lowest BCUT2D eigenvalue weighted by atomic mass is 10.2. The van der Waals surface area contributed by atoms with Crippen molar-refractivity contribution in [2.45, 2.75) is 13.8 Å². The molecular formula is C20H22N2O3. The highest BCUT2D eigenvalue weighted by molar-refractivity contribution is 5.92. The van der Waals surface area contributed by atoms with E-state index in [-0.39, 0.29) is 11.8 Å². The van der Waals surface area contributed by atoms with Crippen molar-refractivity contribution in [3.63, 3.8) is 0 Å². The molecule has 2 N–H and O–H groups in total. The Balaban J connectivity index is 1.72. The fraction of sp³-hybridized carbons (Fsp3) is 0.200. The summed E-state index contributed by atoms with van der Waals surface area (Å²) in [7, 11) is 0. The SMILES string of the molecule is CC(=O)Nc1ccc(/C=C/C(=O)NCCOc2cccc(C)c2)cc1. The Labute approximate surface area is 147 Å². The third-order valence-corrected chi connectivity index (χ3v) is 3.32. The van der Waals surface area contributed by atoms with Crippen LogP contribution in [0.4, 0.5) is 5.69 Å². The minimum atomic E-state index is -0.182. The maximum absolute atomic E-state index is 11.8. The van der Waals surface area contributed by atoms with E-state index in [0.29, 0.717) is 13.2 Å². The van der Waals surface area contributed by atoms with Gasteiger partial charge in [0.15, 0.2) is 0 Å². The van der Waals surface area contributed by atoms with Gasteiger partial charge in [-0.25, -0.2) is 0 Å². The lowest BCUT2D eigenvalue weighted by Gasteiger charge is -2.07. The lowest BCUT2D eigenvalue weighted by Crippen LogP contribution is -2.26. The number of hydrogen-bond donors (Lipinski definition) is 2. The number of rotatable bonds is 7. The molecule has 0 fully saturated rings. The van der Waals surface area contributed by atoms with Crippen LogP contribution in [0.15, 0.2) is 54.6 Å². The smallest absolute Gasteiger partial charge is 0.244 e. The predicted octanol–water partition coefficient (Wildman–Crippen LogP) is 3.16. The molecule has 0 aliphatic heterocycles. The lowest BCUT2D eigenvalue weighted by molar-refractivity contribution is -0.116. The van der Waals surface area contributed by atoms with Crippen LogP contribution in [0.1, 0.15) is 18.1 Å². The molecule has 2 amide bonds. The molecular weight excluding hydrogens is 316 g/mol. The number of benzene rings is 2. The molecule has 0 radical (unpaired) electrons. The first-order valence-corrected chi connectivity index (χ1v) is 8.06. The Kier molecular flexibility index (Phi) is 6.77. The first kappa shape index (κ1) is 18.3. The van der Waals surface area contributed by atoms with Crippen molar-refractivity contribution in [3.8, 4) is 5.75 Å². The molecule has 0 bridgehead atoms. The number of ether oxygens (including phenoxy) is 1. The Morgan fingerprint density at radius 1 is 1.12 bits per heavy atom. The van der Waals surface area contributed by atoms with Gasteiger partial charge in [0, 0.05) is 18.7 Å². The van der Waals surface area contributed by atoms with Crippen LogP contribution < -0.4 is 15.4 Å². The van der Waals surface area contributed by atoms with Crippen LogP contribution in [0.5, 0.6) is 5.75 Å². The van der Waals surface area contributed by atoms with Gasteiger partial charge in [-0.05, 0) is 48.4 Å². The fourth-order valence-corrected chi connectivity index (χ4v) is 2.16. The van der Waals surface area contributed by atoms with Gasteiger partial charge in [-0.3, -0.25) is 9.59 Å². The van der Waals surface area contributed by atoms with Crippen LogP contribution in [-0.2, 0) is 9.59 Å². The van der Waals surface area contributed by atoms with Crippen LogP contribution in [0, 0.1) is 6.92 Å². The average molecular weight is 338 g/mol. The predicted molar refractivity (Wildman–Crippen MR) is 99.5 cm³/mol. The first-order chi connectivity index (χ1) is 12.0. The maximum atomic E-state index is 11.8. The highest BCUT2D eigenvalue weighted by Gasteiger charge is 1.98. The summed E-state index contributed by atoms with van der Waals surface area (Å²) in [4.78, 5) is 22.7. The maximum Gasteiger partial charge on any atom is 0.244 e. The molecule has 130 valence electrons. The third-order valence-electron chi connectivity index (χ3n) is 3.32. The molecule has 0 saturated carbocycles. The van der Waals surface area contributed by atoms with E-state index in [4.69, 9.17) is 4.74 Å². The molecule has 0 aliphatic rings. The summed E-state index contributed by atoms with van der Waals surface area (Å²) in [6, 6.07) is 15.0. The van der Waals surface area contributed by atoms with E-state index in [0.717, 1.165) is 22.6 Å². The number of nitrogens with one attached hydrogen (secondary N) is 2. The van der Waals surface area contributed by atoms with E-state index in [1.165, 1.54) is 13.0 Å². The summed E-state index contributed by atoms with van der Waals surface area (Å²) >= 11 is 0. The standard InChI is InChI=1S/C20H22N2O3/c1-15-4-3-5-19(14-15)25-13-12-21-20(24)11-8-17-6-9-18(10-7-17)22-16(2)23/h3-11,14H,12-13H2,1-2H3,(H,21,24)(H,22,23)/b11-8+. The number of carbonyl (C=O) groups is 2. The number of carbonyl (C=O) groups excluding carboxylic acids is 2. The number of hydrogen-bond acceptors (Lipinski definition) is 3. The zero-order chi connectivity index (χ0) is 18.1. The summed E-state index contributed by atoms with van der Waals surface area (Å²) in [6.45, 7) is 4.30. The Bertz CT molecular complexity index is 752. The van der Waals surface area contributed by atoms with Crippen molar-refractivity contribution in [1.29, 1.82) is 0 Å². The first-order valence-electron chi connectivity index (χ1n) is 8.06. The van der Waals surface area contributed by atoms with Crippen LogP contribution in [0.25, 0.3) is 6.08 Å². The molecule has 2 rings (SSSR count). The fourth-order valence-electron chi connectivity index (χ4n) is 2.16. The molecule has 0 aromatic heterocycles. The second kappa shape index (κ2) is 9.27. The normalized spacial score (nSPS) is 10.5. The van der Waals surface area contributed by atoms with Gasteiger partial charge in [0.1, 0.15) is 12.4 Å². The molecule has 0 unspecified atom stereocenters. The van der Waals surface area contributed by atoms with Crippen molar-refractivity contribution in [2.24, 2.45) is 0 Å². The monoisotopic (exact) mass is 338 g/mol. The van der Waals surface area contributed by atoms with Crippen LogP contribution in [-0.4, -0.2) is 25.0 Å². The Hall–Kier alpha value is -3.08. The number of aryl methyl sites for hydroxylation is 1. The van der Waals surface area contributed by atoms with E-state index >= 15 is 0 Å². The van der Waals surface area contributed by atoms with Gasteiger partial charge >= 0.3 is 0 Å². The van der Waals surface area contributed by atoms with Gasteiger partial charge in [0.25, 0.3) is 0 Å². The van der Waals surface area contributed by atoms with Crippen molar-refractivity contribution in [2.75, 3.05) is 18.5 Å². The second-order valence-electron chi connectivity index (χ2n) is 5.59. The largest absolute Gasteiger partial charge is 0.492 e. The Morgan fingerprint density at radius 3 is 2.56 bits per heavy atom. The quantitative estimate of drug-likeness (QED) is 0.602. The molecule has 2 aromatic rings. The molecule has 25 heavy (non-hydrogen) atoms. The van der Waals surface area contributed by atoms with Crippen molar-refractivity contribution in [3.05, 3.63) is 65.7 Å². The molecule has 0 heterocycles. The average Bonchev–Trinajstić information content (AvgIpc) is 2.58. The summed E-state index contributed by atoms with van der Waals surface area (Å²) in [6.07, 6.45) is 3.19. The summed E-state index contributed by atoms with van der Waals surface area (Å²) < 4.78 is 5.57. The van der Waals surface area contributed by atoms with E-state index < -0.39 is 0 Å². The summed E-state index contributed by atoms with van der Waals surface area (Å²) in [5.74, 6) is 0.499. The van der Waals surface area contributed by atoms with Gasteiger partial charge in [0.05, 0.1) is 6.54 Å². The van der Waals surface area contributed by atoms with E-state index in [1.54, 1.807) is 18.2 Å². The minimum Gasteiger partial charge on any atom is -0.492 e. The van der Waals surface area contributed by atoms with E-state index in [9.17, 15) is 9.59 Å². The van der Waals surface area contributed by atoms with Crippen molar-refractivity contribution >= 4 is 23.6 Å². The van der Waals surface area contributed by atoms with E-state index in [1.807, 2.05) is 43.3 Å². The summed E-state index contributed by atoms with van der Waals surface area (Å²) in [5.41, 5.74) is 2.73. The van der Waals surface area contributed by atoms with Gasteiger partial charge in [0.2, 0.25) is 11.8 Å². The second-order valence-corrected chi connectivity index (χ2v) is 5.59. The highest BCUT2D eigenvalue weighted by atomic mass is 16.5. The van der Waals surface area contributed by atoms with Gasteiger partial charge in [-0.15, -0.1) is 0 Å². The minimum absolute atomic E-state index is 0.115.